The van der Waals surface area contributed by atoms with Crippen LogP contribution in [0.25, 0.3) is 11.1 Å². The van der Waals surface area contributed by atoms with E-state index in [9.17, 15) is 24.4 Å². The van der Waals surface area contributed by atoms with Crippen LogP contribution in [0, 0.1) is 0 Å². The molecule has 1 aliphatic heterocycles. The number of nitrogens with two attached hydrogens (primary N) is 1. The number of ether oxygens (including phenoxy) is 1. The topological polar surface area (TPSA) is 199 Å². The van der Waals surface area contributed by atoms with Gasteiger partial charge in [-0.1, -0.05) is 18.2 Å². The molecule has 0 saturated carbocycles. The van der Waals surface area contributed by atoms with Crippen molar-refractivity contribution in [2.45, 2.75) is 31.1 Å². The SMILES string of the molecule is Nc1ccccc1-c1ccnc(Cn2c(=O)ccn([C@@H]3O[C@H](COP(=O)(O)O)C(O)C3O)c2=O)c1. The lowest BCUT2D eigenvalue weighted by Gasteiger charge is -2.19. The van der Waals surface area contributed by atoms with Gasteiger partial charge >= 0.3 is 13.5 Å². The molecular weight excluding hydrogens is 483 g/mol. The van der Waals surface area contributed by atoms with Gasteiger partial charge in [0.15, 0.2) is 6.23 Å². The van der Waals surface area contributed by atoms with Crippen LogP contribution in [-0.4, -0.2) is 59.0 Å². The molecule has 13 nitrogen and oxygen atoms in total. The van der Waals surface area contributed by atoms with Gasteiger partial charge in [0.2, 0.25) is 0 Å². The maximum absolute atomic E-state index is 13.1. The molecule has 0 bridgehead atoms. The number of nitrogen functional groups attached to an aromatic ring is 1. The zero-order chi connectivity index (χ0) is 25.3. The van der Waals surface area contributed by atoms with Crippen molar-refractivity contribution in [2.75, 3.05) is 12.3 Å². The first-order valence-corrected chi connectivity index (χ1v) is 11.9. The Labute approximate surface area is 197 Å². The summed E-state index contributed by atoms with van der Waals surface area (Å²) in [6.45, 7) is -0.929. The molecule has 186 valence electrons. The molecule has 0 spiro atoms. The summed E-state index contributed by atoms with van der Waals surface area (Å²) in [7, 11) is -4.85. The minimum atomic E-state index is -4.85. The monoisotopic (exact) mass is 506 g/mol. The Bertz CT molecular complexity index is 1390. The van der Waals surface area contributed by atoms with Gasteiger partial charge in [-0.3, -0.25) is 23.4 Å². The second kappa shape index (κ2) is 9.84. The van der Waals surface area contributed by atoms with Gasteiger partial charge in [0, 0.05) is 29.7 Å². The van der Waals surface area contributed by atoms with E-state index in [1.807, 2.05) is 12.1 Å². The molecular formula is C21H23N4O9P. The third-order valence-corrected chi connectivity index (χ3v) is 6.01. The lowest BCUT2D eigenvalue weighted by atomic mass is 10.0. The predicted octanol–water partition coefficient (Wildman–Crippen LogP) is -0.569. The summed E-state index contributed by atoms with van der Waals surface area (Å²) in [6.07, 6.45) is -3.37. The largest absolute Gasteiger partial charge is 0.469 e. The Morgan fingerprint density at radius 3 is 2.57 bits per heavy atom. The van der Waals surface area contributed by atoms with E-state index in [4.69, 9.17) is 20.3 Å². The number of hydrogen-bond donors (Lipinski definition) is 5. The van der Waals surface area contributed by atoms with Crippen LogP contribution in [0.2, 0.25) is 0 Å². The highest BCUT2D eigenvalue weighted by Crippen LogP contribution is 2.38. The minimum Gasteiger partial charge on any atom is -0.398 e. The fourth-order valence-corrected chi connectivity index (χ4v) is 4.13. The van der Waals surface area contributed by atoms with E-state index >= 15 is 0 Å². The van der Waals surface area contributed by atoms with Crippen LogP contribution in [0.5, 0.6) is 0 Å². The Morgan fingerprint density at radius 2 is 1.86 bits per heavy atom. The first kappa shape index (κ1) is 24.9. The summed E-state index contributed by atoms with van der Waals surface area (Å²) in [5, 5.41) is 20.6. The van der Waals surface area contributed by atoms with E-state index in [-0.39, 0.29) is 6.54 Å². The fourth-order valence-electron chi connectivity index (χ4n) is 3.79. The fraction of sp³-hybridized carbons (Fsp3) is 0.286. The smallest absolute Gasteiger partial charge is 0.398 e. The number of phosphoric ester groups is 1. The second-order valence-electron chi connectivity index (χ2n) is 7.89. The van der Waals surface area contributed by atoms with E-state index in [1.165, 1.54) is 6.20 Å². The molecule has 1 saturated heterocycles. The van der Waals surface area contributed by atoms with Crippen LogP contribution in [0.15, 0.2) is 64.4 Å². The number of aliphatic hydroxyl groups excluding tert-OH is 2. The van der Waals surface area contributed by atoms with Crippen LogP contribution in [0.4, 0.5) is 5.69 Å². The molecule has 1 fully saturated rings. The molecule has 0 amide bonds. The highest BCUT2D eigenvalue weighted by atomic mass is 31.2. The molecule has 0 radical (unpaired) electrons. The summed E-state index contributed by atoms with van der Waals surface area (Å²) >= 11 is 0. The molecule has 2 unspecified atom stereocenters. The number of hydrogen-bond acceptors (Lipinski definition) is 9. The maximum Gasteiger partial charge on any atom is 0.469 e. The van der Waals surface area contributed by atoms with E-state index in [0.29, 0.717) is 11.4 Å². The normalized spacial score (nSPS) is 22.4. The molecule has 4 rings (SSSR count). The Hall–Kier alpha value is -3.16. The van der Waals surface area contributed by atoms with Crippen LogP contribution in [0.1, 0.15) is 11.9 Å². The zero-order valence-corrected chi connectivity index (χ0v) is 19.0. The van der Waals surface area contributed by atoms with Gasteiger partial charge in [0.25, 0.3) is 5.56 Å². The number of aromatic nitrogens is 3. The van der Waals surface area contributed by atoms with Crippen molar-refractivity contribution >= 4 is 13.5 Å². The van der Waals surface area contributed by atoms with Crippen molar-refractivity contribution in [3.05, 3.63) is 81.4 Å². The zero-order valence-electron chi connectivity index (χ0n) is 18.1. The molecule has 14 heteroatoms. The lowest BCUT2D eigenvalue weighted by Crippen LogP contribution is -2.43. The molecule has 35 heavy (non-hydrogen) atoms. The number of rotatable bonds is 7. The molecule has 0 aliphatic carbocycles. The van der Waals surface area contributed by atoms with E-state index in [0.717, 1.165) is 32.5 Å². The van der Waals surface area contributed by atoms with Gasteiger partial charge in [-0.15, -0.1) is 0 Å². The molecule has 3 aromatic rings. The average Bonchev–Trinajstić information content (AvgIpc) is 3.09. The maximum atomic E-state index is 13.1. The number of anilines is 1. The van der Waals surface area contributed by atoms with Crippen molar-refractivity contribution in [3.63, 3.8) is 0 Å². The first-order valence-electron chi connectivity index (χ1n) is 10.4. The van der Waals surface area contributed by atoms with Crippen LogP contribution in [0.3, 0.4) is 0 Å². The number of phosphoric acid groups is 1. The van der Waals surface area contributed by atoms with Gasteiger partial charge in [-0.05, 0) is 23.8 Å². The third-order valence-electron chi connectivity index (χ3n) is 5.52. The summed E-state index contributed by atoms with van der Waals surface area (Å²) in [6, 6.07) is 11.7. The van der Waals surface area contributed by atoms with E-state index in [2.05, 4.69) is 9.51 Å². The van der Waals surface area contributed by atoms with Crippen molar-refractivity contribution in [1.29, 1.82) is 0 Å². The molecule has 4 atom stereocenters. The van der Waals surface area contributed by atoms with Gasteiger partial charge in [-0.25, -0.2) is 9.36 Å². The molecule has 2 aromatic heterocycles. The molecule has 3 heterocycles. The van der Waals surface area contributed by atoms with Crippen LogP contribution >= 0.6 is 7.82 Å². The highest BCUT2D eigenvalue weighted by molar-refractivity contribution is 7.46. The number of para-hydroxylation sites is 1. The number of aliphatic hydroxyl groups is 2. The highest BCUT2D eigenvalue weighted by Gasteiger charge is 2.45. The standard InChI is InChI=1S/C21H23N4O9P/c22-15-4-2-1-3-14(15)12-5-7-23-13(9-12)10-25-17(26)6-8-24(21(25)29)20-19(28)18(27)16(34-20)11-33-35(30,31)32/h1-9,16,18-20,27-28H,10-11,22H2,(H2,30,31,32)/t16-,18?,19?,20-/m1/s1. The van der Waals surface area contributed by atoms with E-state index in [1.54, 1.807) is 24.3 Å². The Balaban J connectivity index is 1.62. The van der Waals surface area contributed by atoms with E-state index < -0.39 is 50.2 Å². The predicted molar refractivity (Wildman–Crippen MR) is 122 cm³/mol. The summed E-state index contributed by atoms with van der Waals surface area (Å²) in [4.78, 5) is 47.5. The first-order chi connectivity index (χ1) is 16.5. The van der Waals surface area contributed by atoms with Crippen LogP contribution in [-0.2, 0) is 20.4 Å². The summed E-state index contributed by atoms with van der Waals surface area (Å²) < 4.78 is 22.5. The van der Waals surface area contributed by atoms with Gasteiger partial charge in [-0.2, -0.15) is 0 Å². The van der Waals surface area contributed by atoms with Gasteiger partial charge < -0.3 is 30.5 Å². The minimum absolute atomic E-state index is 0.199. The number of nitrogens with zero attached hydrogens (tertiary/aromatic N) is 3. The van der Waals surface area contributed by atoms with Crippen molar-refractivity contribution in [3.8, 4) is 11.1 Å². The molecule has 1 aliphatic rings. The Kier molecular flexibility index (Phi) is 7.01. The Morgan fingerprint density at radius 1 is 1.11 bits per heavy atom. The van der Waals surface area contributed by atoms with Crippen molar-refractivity contribution < 1.29 is 33.8 Å². The summed E-state index contributed by atoms with van der Waals surface area (Å²) in [5.41, 5.74) is 6.99. The average molecular weight is 506 g/mol. The van der Waals surface area contributed by atoms with Gasteiger partial charge in [0.1, 0.15) is 18.3 Å². The molecule has 6 N–H and O–H groups in total. The van der Waals surface area contributed by atoms with Gasteiger partial charge in [0.05, 0.1) is 18.8 Å². The molecule has 1 aromatic carbocycles. The number of benzene rings is 1. The second-order valence-corrected chi connectivity index (χ2v) is 9.13. The quantitative estimate of drug-likeness (QED) is 0.203. The van der Waals surface area contributed by atoms with Crippen molar-refractivity contribution in [1.82, 2.24) is 14.1 Å². The number of pyridine rings is 1. The summed E-state index contributed by atoms with van der Waals surface area (Å²) in [5.74, 6) is 0. The lowest BCUT2D eigenvalue weighted by molar-refractivity contribution is -0.0548. The third kappa shape index (κ3) is 5.41. The van der Waals surface area contributed by atoms with Crippen molar-refractivity contribution in [2.24, 2.45) is 0 Å². The van der Waals surface area contributed by atoms with Crippen LogP contribution < -0.4 is 17.0 Å².